The predicted octanol–water partition coefficient (Wildman–Crippen LogP) is 3.15. The Bertz CT molecular complexity index is 545. The van der Waals surface area contributed by atoms with Crippen molar-refractivity contribution in [2.24, 2.45) is 0 Å². The molecule has 2 fully saturated rings. The van der Waals surface area contributed by atoms with E-state index in [1.165, 1.54) is 0 Å². The monoisotopic (exact) mass is 337 g/mol. The first-order valence-corrected chi connectivity index (χ1v) is 7.97. The van der Waals surface area contributed by atoms with Crippen molar-refractivity contribution in [3.63, 3.8) is 0 Å². The van der Waals surface area contributed by atoms with Crippen LogP contribution in [0.4, 0.5) is 0 Å². The van der Waals surface area contributed by atoms with Gasteiger partial charge >= 0.3 is 0 Å². The number of Topliss-reactive ketones (excluding diaryl/α,β-unsaturated/α-hetero) is 1. The summed E-state index contributed by atoms with van der Waals surface area (Å²) < 4.78 is 6.34. The SMILES string of the molecule is COc1cccc([C@@]23CCC[C@@H](C2=O)N(C)CC3)c1Br. The van der Waals surface area contributed by atoms with E-state index in [1.54, 1.807) is 7.11 Å². The van der Waals surface area contributed by atoms with Gasteiger partial charge in [0.15, 0.2) is 5.78 Å². The summed E-state index contributed by atoms with van der Waals surface area (Å²) in [6.45, 7) is 0.986. The van der Waals surface area contributed by atoms with Crippen molar-refractivity contribution in [1.29, 1.82) is 0 Å². The molecule has 2 aliphatic rings. The molecule has 2 atom stereocenters. The van der Waals surface area contributed by atoms with Gasteiger partial charge in [0.1, 0.15) is 5.75 Å². The molecule has 2 bridgehead atoms. The van der Waals surface area contributed by atoms with E-state index in [4.69, 9.17) is 4.74 Å². The number of piperidine rings is 1. The number of hydrogen-bond acceptors (Lipinski definition) is 3. The van der Waals surface area contributed by atoms with Gasteiger partial charge in [0.2, 0.25) is 0 Å². The average Bonchev–Trinajstić information content (AvgIpc) is 2.44. The Labute approximate surface area is 128 Å². The molecule has 0 aromatic heterocycles. The summed E-state index contributed by atoms with van der Waals surface area (Å²) in [5, 5.41) is 0. The van der Waals surface area contributed by atoms with Crippen LogP contribution in [0.25, 0.3) is 0 Å². The zero-order chi connectivity index (χ0) is 14.3. The second-order valence-electron chi connectivity index (χ2n) is 5.91. The summed E-state index contributed by atoms with van der Waals surface area (Å²) in [5.74, 6) is 1.21. The van der Waals surface area contributed by atoms with E-state index in [2.05, 4.69) is 33.9 Å². The van der Waals surface area contributed by atoms with Crippen LogP contribution in [-0.2, 0) is 10.2 Å². The van der Waals surface area contributed by atoms with Gasteiger partial charge in [-0.05, 0) is 60.4 Å². The van der Waals surface area contributed by atoms with Crippen LogP contribution in [0.2, 0.25) is 0 Å². The lowest BCUT2D eigenvalue weighted by Gasteiger charge is -2.48. The molecule has 1 heterocycles. The van der Waals surface area contributed by atoms with E-state index in [0.717, 1.165) is 48.0 Å². The Morgan fingerprint density at radius 3 is 2.95 bits per heavy atom. The largest absolute Gasteiger partial charge is 0.496 e. The number of nitrogens with zero attached hydrogens (tertiary/aromatic N) is 1. The number of ether oxygens (including phenoxy) is 1. The number of carbonyl (C=O) groups is 1. The van der Waals surface area contributed by atoms with Gasteiger partial charge in [0.05, 0.1) is 23.0 Å². The van der Waals surface area contributed by atoms with Crippen LogP contribution >= 0.6 is 15.9 Å². The number of halogens is 1. The second kappa shape index (κ2) is 5.15. The van der Waals surface area contributed by atoms with Crippen molar-refractivity contribution in [2.45, 2.75) is 37.1 Å². The van der Waals surface area contributed by atoms with Crippen LogP contribution in [0, 0.1) is 0 Å². The summed E-state index contributed by atoms with van der Waals surface area (Å²) in [6, 6.07) is 6.10. The first-order chi connectivity index (χ1) is 9.60. The fourth-order valence-electron chi connectivity index (χ4n) is 3.80. The molecule has 1 aromatic rings. The van der Waals surface area contributed by atoms with Crippen LogP contribution in [-0.4, -0.2) is 37.4 Å². The first-order valence-electron chi connectivity index (χ1n) is 7.18. The quantitative estimate of drug-likeness (QED) is 0.830. The molecule has 3 nitrogen and oxygen atoms in total. The van der Waals surface area contributed by atoms with Crippen LogP contribution in [0.1, 0.15) is 31.2 Å². The summed E-state index contributed by atoms with van der Waals surface area (Å²) >= 11 is 3.65. The summed E-state index contributed by atoms with van der Waals surface area (Å²) in [7, 11) is 3.74. The van der Waals surface area contributed by atoms with Crippen LogP contribution in [0.15, 0.2) is 22.7 Å². The smallest absolute Gasteiger partial charge is 0.160 e. The standard InChI is InChI=1S/C16H20BrNO2/c1-18-10-9-16(8-4-6-12(18)15(16)19)11-5-3-7-13(20-2)14(11)17/h3,5,7,12H,4,6,8-10H2,1-2H3/t12-,16-/m0/s1. The Kier molecular flexibility index (Phi) is 3.63. The van der Waals surface area contributed by atoms with Crippen molar-refractivity contribution in [3.05, 3.63) is 28.2 Å². The molecular formula is C16H20BrNO2. The highest BCUT2D eigenvalue weighted by molar-refractivity contribution is 9.10. The minimum Gasteiger partial charge on any atom is -0.496 e. The molecule has 0 spiro atoms. The molecule has 1 aliphatic carbocycles. The molecule has 4 heteroatoms. The van der Waals surface area contributed by atoms with Gasteiger partial charge in [0.25, 0.3) is 0 Å². The third kappa shape index (κ3) is 1.92. The lowest BCUT2D eigenvalue weighted by atomic mass is 9.62. The van der Waals surface area contributed by atoms with Crippen molar-refractivity contribution in [1.82, 2.24) is 4.90 Å². The van der Waals surface area contributed by atoms with Crippen LogP contribution in [0.5, 0.6) is 5.75 Å². The Balaban J connectivity index is 2.10. The maximum atomic E-state index is 13.0. The summed E-state index contributed by atoms with van der Waals surface area (Å²) in [5.41, 5.74) is 0.794. The number of rotatable bonds is 2. The van der Waals surface area contributed by atoms with Crippen molar-refractivity contribution < 1.29 is 9.53 Å². The maximum absolute atomic E-state index is 13.0. The number of likely N-dealkylation sites (N-methyl/N-ethyl adjacent to an activating group) is 1. The number of methoxy groups -OCH3 is 1. The minimum atomic E-state index is -0.317. The molecule has 1 saturated heterocycles. The lowest BCUT2D eigenvalue weighted by Crippen LogP contribution is -2.58. The number of hydrogen-bond donors (Lipinski definition) is 0. The second-order valence-corrected chi connectivity index (χ2v) is 6.70. The maximum Gasteiger partial charge on any atom is 0.160 e. The van der Waals surface area contributed by atoms with E-state index >= 15 is 0 Å². The highest BCUT2D eigenvalue weighted by atomic mass is 79.9. The van der Waals surface area contributed by atoms with Crippen molar-refractivity contribution >= 4 is 21.7 Å². The van der Waals surface area contributed by atoms with Gasteiger partial charge in [-0.15, -0.1) is 0 Å². The summed E-state index contributed by atoms with van der Waals surface area (Å²) in [6.07, 6.45) is 3.98. The molecule has 1 aromatic carbocycles. The lowest BCUT2D eigenvalue weighted by molar-refractivity contribution is -0.136. The minimum absolute atomic E-state index is 0.0931. The van der Waals surface area contributed by atoms with E-state index in [0.29, 0.717) is 5.78 Å². The third-order valence-corrected chi connectivity index (χ3v) is 5.80. The van der Waals surface area contributed by atoms with E-state index in [-0.39, 0.29) is 11.5 Å². The van der Waals surface area contributed by atoms with Gasteiger partial charge in [-0.3, -0.25) is 9.69 Å². The molecule has 1 saturated carbocycles. The summed E-state index contributed by atoms with van der Waals surface area (Å²) in [4.78, 5) is 15.2. The van der Waals surface area contributed by atoms with Crippen LogP contribution < -0.4 is 4.74 Å². The highest BCUT2D eigenvalue weighted by Gasteiger charge is 2.51. The van der Waals surface area contributed by atoms with Gasteiger partial charge < -0.3 is 4.74 Å². The fourth-order valence-corrected chi connectivity index (χ4v) is 4.61. The van der Waals surface area contributed by atoms with Crippen molar-refractivity contribution in [2.75, 3.05) is 20.7 Å². The fraction of sp³-hybridized carbons (Fsp3) is 0.562. The Morgan fingerprint density at radius 2 is 2.20 bits per heavy atom. The van der Waals surface area contributed by atoms with Crippen LogP contribution in [0.3, 0.4) is 0 Å². The van der Waals surface area contributed by atoms with Crippen molar-refractivity contribution in [3.8, 4) is 5.75 Å². The first kappa shape index (κ1) is 14.1. The van der Waals surface area contributed by atoms with Gasteiger partial charge in [-0.2, -0.15) is 0 Å². The molecule has 0 amide bonds. The van der Waals surface area contributed by atoms with E-state index in [1.807, 2.05) is 12.1 Å². The van der Waals surface area contributed by atoms with Gasteiger partial charge in [-0.1, -0.05) is 18.6 Å². The van der Waals surface area contributed by atoms with E-state index < -0.39 is 0 Å². The predicted molar refractivity (Wildman–Crippen MR) is 82.3 cm³/mol. The zero-order valence-electron chi connectivity index (χ0n) is 12.0. The zero-order valence-corrected chi connectivity index (χ0v) is 13.6. The Hall–Kier alpha value is -0.870. The molecule has 0 N–H and O–H groups in total. The highest BCUT2D eigenvalue weighted by Crippen LogP contribution is 2.47. The molecule has 20 heavy (non-hydrogen) atoms. The molecule has 108 valence electrons. The molecular weight excluding hydrogens is 318 g/mol. The topological polar surface area (TPSA) is 29.5 Å². The number of benzene rings is 1. The molecule has 0 radical (unpaired) electrons. The number of fused-ring (bicyclic) bond motifs is 2. The molecule has 1 aliphatic heterocycles. The molecule has 3 rings (SSSR count). The Morgan fingerprint density at radius 1 is 1.40 bits per heavy atom. The number of likely N-dealkylation sites (tertiary alicyclic amines) is 1. The van der Waals surface area contributed by atoms with E-state index in [9.17, 15) is 4.79 Å². The number of ketones is 1. The third-order valence-electron chi connectivity index (χ3n) is 4.98. The van der Waals surface area contributed by atoms with Gasteiger partial charge in [-0.25, -0.2) is 0 Å². The van der Waals surface area contributed by atoms with Gasteiger partial charge in [0, 0.05) is 0 Å². The number of carbonyl (C=O) groups excluding carboxylic acids is 1. The molecule has 0 unspecified atom stereocenters. The normalized spacial score (nSPS) is 30.4. The average molecular weight is 338 g/mol.